The van der Waals surface area contributed by atoms with Gasteiger partial charge in [-0.1, -0.05) is 133 Å². The standard InChI is InChI=1S/C48H30N4/c1-3-13-31(14-4-1)32-23-25-33(26-24-32)39-27-28-41-40(49-39)29-30-44(50-41)52-43-22-12-10-20-38(43)46-36-18-8-7-17-35(36)45-37-19-9-11-21-42(37)51(47(45)48(46)52)34-15-5-2-6-16-34/h1-30H. The van der Waals surface area contributed by atoms with Gasteiger partial charge in [-0.3, -0.25) is 4.57 Å². The van der Waals surface area contributed by atoms with Gasteiger partial charge in [0.05, 0.1) is 38.8 Å². The SMILES string of the molecule is c1ccc(-c2ccc(-c3ccc4nc(-n5c6ccccc6c6c7ccccc7c7c8ccccc8n(-c8ccccc8)c7c65)ccc4n3)cc2)cc1. The van der Waals surface area contributed by atoms with E-state index < -0.39 is 0 Å². The molecule has 0 aliphatic carbocycles. The Balaban J connectivity index is 1.18. The molecule has 0 spiro atoms. The zero-order valence-corrected chi connectivity index (χ0v) is 28.1. The minimum absolute atomic E-state index is 0.855. The van der Waals surface area contributed by atoms with Crippen molar-refractivity contribution < 1.29 is 0 Å². The van der Waals surface area contributed by atoms with Crippen LogP contribution in [-0.2, 0) is 0 Å². The van der Waals surface area contributed by atoms with Gasteiger partial charge in [0.15, 0.2) is 0 Å². The van der Waals surface area contributed by atoms with Crippen LogP contribution in [0.1, 0.15) is 0 Å². The maximum absolute atomic E-state index is 5.34. The zero-order valence-electron chi connectivity index (χ0n) is 28.1. The number of rotatable bonds is 4. The largest absolute Gasteiger partial charge is 0.307 e. The van der Waals surface area contributed by atoms with Crippen molar-refractivity contribution in [2.75, 3.05) is 0 Å². The lowest BCUT2D eigenvalue weighted by Crippen LogP contribution is -2.01. The Labute approximate surface area is 299 Å². The Morgan fingerprint density at radius 2 is 0.808 bits per heavy atom. The maximum atomic E-state index is 5.34. The predicted molar refractivity (Wildman–Crippen MR) is 217 cm³/mol. The quantitative estimate of drug-likeness (QED) is 0.188. The number of benzene rings is 7. The summed E-state index contributed by atoms with van der Waals surface area (Å²) >= 11 is 0. The lowest BCUT2D eigenvalue weighted by Gasteiger charge is -2.14. The first-order valence-electron chi connectivity index (χ1n) is 17.7. The molecule has 7 aromatic carbocycles. The number of fused-ring (bicyclic) bond motifs is 11. The molecule has 0 unspecified atom stereocenters. The Morgan fingerprint density at radius 3 is 1.48 bits per heavy atom. The van der Waals surface area contributed by atoms with Gasteiger partial charge in [0.2, 0.25) is 0 Å². The van der Waals surface area contributed by atoms with Crippen LogP contribution >= 0.6 is 0 Å². The molecule has 0 aliphatic rings. The van der Waals surface area contributed by atoms with E-state index in [1.807, 2.05) is 6.07 Å². The number of nitrogens with zero attached hydrogens (tertiary/aromatic N) is 4. The summed E-state index contributed by atoms with van der Waals surface area (Å²) in [5.74, 6) is 0.863. The van der Waals surface area contributed by atoms with Crippen molar-refractivity contribution >= 4 is 65.4 Å². The summed E-state index contributed by atoms with van der Waals surface area (Å²) in [6.07, 6.45) is 0. The number of hydrogen-bond acceptors (Lipinski definition) is 2. The topological polar surface area (TPSA) is 35.6 Å². The number of hydrogen-bond donors (Lipinski definition) is 0. The van der Waals surface area contributed by atoms with E-state index in [1.54, 1.807) is 0 Å². The molecular formula is C48H30N4. The molecule has 4 aromatic heterocycles. The van der Waals surface area contributed by atoms with Crippen LogP contribution in [0.5, 0.6) is 0 Å². The minimum atomic E-state index is 0.855. The van der Waals surface area contributed by atoms with Gasteiger partial charge in [-0.2, -0.15) is 0 Å². The molecular weight excluding hydrogens is 633 g/mol. The molecule has 242 valence electrons. The summed E-state index contributed by atoms with van der Waals surface area (Å²) < 4.78 is 4.81. The number of aromatic nitrogens is 4. The van der Waals surface area contributed by atoms with Crippen molar-refractivity contribution in [3.63, 3.8) is 0 Å². The van der Waals surface area contributed by atoms with Crippen LogP contribution in [0.4, 0.5) is 0 Å². The van der Waals surface area contributed by atoms with Gasteiger partial charge in [-0.15, -0.1) is 0 Å². The van der Waals surface area contributed by atoms with Gasteiger partial charge in [-0.05, 0) is 70.4 Å². The van der Waals surface area contributed by atoms with Gasteiger partial charge < -0.3 is 4.57 Å². The third kappa shape index (κ3) is 4.21. The van der Waals surface area contributed by atoms with E-state index >= 15 is 0 Å². The minimum Gasteiger partial charge on any atom is -0.307 e. The van der Waals surface area contributed by atoms with E-state index in [-0.39, 0.29) is 0 Å². The lowest BCUT2D eigenvalue weighted by atomic mass is 9.98. The van der Waals surface area contributed by atoms with Crippen LogP contribution in [0.2, 0.25) is 0 Å². The van der Waals surface area contributed by atoms with Crippen LogP contribution in [0.15, 0.2) is 182 Å². The van der Waals surface area contributed by atoms with E-state index in [9.17, 15) is 0 Å². The second kappa shape index (κ2) is 11.2. The summed E-state index contributed by atoms with van der Waals surface area (Å²) in [5, 5.41) is 7.40. The highest BCUT2D eigenvalue weighted by atomic mass is 15.1. The van der Waals surface area contributed by atoms with Gasteiger partial charge >= 0.3 is 0 Å². The van der Waals surface area contributed by atoms with Crippen molar-refractivity contribution in [2.45, 2.75) is 0 Å². The predicted octanol–water partition coefficient (Wildman–Crippen LogP) is 12.3. The molecule has 0 atom stereocenters. The molecule has 0 fully saturated rings. The highest BCUT2D eigenvalue weighted by Gasteiger charge is 2.24. The molecule has 0 radical (unpaired) electrons. The molecule has 4 heterocycles. The number of pyridine rings is 2. The summed E-state index contributed by atoms with van der Waals surface area (Å²) in [6, 6.07) is 64.6. The van der Waals surface area contributed by atoms with Crippen LogP contribution in [0.3, 0.4) is 0 Å². The summed E-state index contributed by atoms with van der Waals surface area (Å²) in [5.41, 5.74) is 11.9. The highest BCUT2D eigenvalue weighted by Crippen LogP contribution is 2.46. The van der Waals surface area contributed by atoms with Crippen LogP contribution in [0, 0.1) is 0 Å². The van der Waals surface area contributed by atoms with Crippen molar-refractivity contribution in [3.8, 4) is 33.9 Å². The van der Waals surface area contributed by atoms with E-state index in [0.29, 0.717) is 0 Å². The van der Waals surface area contributed by atoms with Gasteiger partial charge in [0.25, 0.3) is 0 Å². The summed E-state index contributed by atoms with van der Waals surface area (Å²) in [7, 11) is 0. The fourth-order valence-electron chi connectivity index (χ4n) is 8.22. The van der Waals surface area contributed by atoms with Crippen molar-refractivity contribution in [3.05, 3.63) is 182 Å². The first kappa shape index (κ1) is 28.8. The Bertz CT molecular complexity index is 3160. The molecule has 4 heteroatoms. The molecule has 0 aliphatic heterocycles. The van der Waals surface area contributed by atoms with E-state index in [0.717, 1.165) is 44.8 Å². The molecule has 0 saturated heterocycles. The molecule has 4 nitrogen and oxygen atoms in total. The Morgan fingerprint density at radius 1 is 0.327 bits per heavy atom. The molecule has 0 saturated carbocycles. The molecule has 0 N–H and O–H groups in total. The molecule has 0 amide bonds. The fraction of sp³-hybridized carbons (Fsp3) is 0. The second-order valence-electron chi connectivity index (χ2n) is 13.4. The van der Waals surface area contributed by atoms with Crippen LogP contribution in [0.25, 0.3) is 99.3 Å². The second-order valence-corrected chi connectivity index (χ2v) is 13.4. The monoisotopic (exact) mass is 662 g/mol. The first-order valence-corrected chi connectivity index (χ1v) is 17.7. The lowest BCUT2D eigenvalue weighted by molar-refractivity contribution is 1.09. The number of para-hydroxylation sites is 3. The van der Waals surface area contributed by atoms with Crippen molar-refractivity contribution in [1.29, 1.82) is 0 Å². The van der Waals surface area contributed by atoms with Gasteiger partial charge in [0, 0.05) is 32.8 Å². The van der Waals surface area contributed by atoms with E-state index in [2.05, 4.69) is 185 Å². The molecule has 52 heavy (non-hydrogen) atoms. The smallest absolute Gasteiger partial charge is 0.138 e. The van der Waals surface area contributed by atoms with Crippen LogP contribution in [-0.4, -0.2) is 19.1 Å². The Hall–Kier alpha value is -7.04. The summed E-state index contributed by atoms with van der Waals surface area (Å²) in [6.45, 7) is 0. The normalized spacial score (nSPS) is 11.8. The summed E-state index contributed by atoms with van der Waals surface area (Å²) in [4.78, 5) is 10.4. The van der Waals surface area contributed by atoms with Crippen molar-refractivity contribution in [1.82, 2.24) is 19.1 Å². The van der Waals surface area contributed by atoms with Crippen molar-refractivity contribution in [2.24, 2.45) is 0 Å². The Kier molecular flexibility index (Phi) is 6.22. The fourth-order valence-corrected chi connectivity index (χ4v) is 8.22. The molecule has 11 rings (SSSR count). The molecule has 11 aromatic rings. The third-order valence-electron chi connectivity index (χ3n) is 10.5. The average Bonchev–Trinajstić information content (AvgIpc) is 3.75. The van der Waals surface area contributed by atoms with Crippen LogP contribution < -0.4 is 0 Å². The zero-order chi connectivity index (χ0) is 34.2. The van der Waals surface area contributed by atoms with Gasteiger partial charge in [-0.25, -0.2) is 9.97 Å². The average molecular weight is 663 g/mol. The molecule has 0 bridgehead atoms. The maximum Gasteiger partial charge on any atom is 0.138 e. The van der Waals surface area contributed by atoms with E-state index in [1.165, 1.54) is 54.5 Å². The van der Waals surface area contributed by atoms with Gasteiger partial charge in [0.1, 0.15) is 5.82 Å². The first-order chi connectivity index (χ1) is 25.8. The third-order valence-corrected chi connectivity index (χ3v) is 10.5. The highest BCUT2D eigenvalue weighted by molar-refractivity contribution is 6.36. The van der Waals surface area contributed by atoms with E-state index in [4.69, 9.17) is 9.97 Å².